The summed E-state index contributed by atoms with van der Waals surface area (Å²) in [6, 6.07) is 6.00. The molecule has 1 fully saturated rings. The molecule has 3 aromatic rings. The molecule has 160 valence electrons. The predicted molar refractivity (Wildman–Crippen MR) is 119 cm³/mol. The van der Waals surface area contributed by atoms with E-state index in [1.807, 2.05) is 31.3 Å². The molecule has 1 atom stereocenters. The van der Waals surface area contributed by atoms with Crippen LogP contribution < -0.4 is 5.32 Å². The van der Waals surface area contributed by atoms with E-state index >= 15 is 0 Å². The van der Waals surface area contributed by atoms with Crippen LogP contribution in [0.3, 0.4) is 0 Å². The number of nitrogens with one attached hydrogen (secondary N) is 1. The van der Waals surface area contributed by atoms with E-state index in [0.717, 1.165) is 54.4 Å². The first-order valence-corrected chi connectivity index (χ1v) is 11.0. The predicted octanol–water partition coefficient (Wildman–Crippen LogP) is 3.59. The average molecular weight is 409 g/mol. The second-order valence-corrected chi connectivity index (χ2v) is 8.37. The summed E-state index contributed by atoms with van der Waals surface area (Å²) in [5.41, 5.74) is 2.82. The van der Waals surface area contributed by atoms with Crippen LogP contribution in [0.15, 0.2) is 30.6 Å². The van der Waals surface area contributed by atoms with Crippen molar-refractivity contribution in [3.05, 3.63) is 42.2 Å². The van der Waals surface area contributed by atoms with Crippen LogP contribution >= 0.6 is 0 Å². The Balaban J connectivity index is 1.44. The van der Waals surface area contributed by atoms with Gasteiger partial charge >= 0.3 is 0 Å². The third-order valence-electron chi connectivity index (χ3n) is 6.09. The first kappa shape index (κ1) is 20.6. The SMILES string of the molecule is CCc1nccn1C[C@@H](C)C(=O)Nc1ccc2c(c1)nc(CN1CCCCC1)n2C. The number of carbonyl (C=O) groups excluding carboxylic acids is 1. The lowest BCUT2D eigenvalue weighted by atomic mass is 10.1. The molecule has 1 aromatic carbocycles. The Bertz CT molecular complexity index is 1010. The summed E-state index contributed by atoms with van der Waals surface area (Å²) in [6.45, 7) is 7.84. The highest BCUT2D eigenvalue weighted by Gasteiger charge is 2.17. The molecule has 0 aliphatic carbocycles. The third-order valence-corrected chi connectivity index (χ3v) is 6.09. The Hall–Kier alpha value is -2.67. The molecule has 1 amide bonds. The fourth-order valence-corrected chi connectivity index (χ4v) is 4.25. The number of hydrogen-bond donors (Lipinski definition) is 1. The van der Waals surface area contributed by atoms with Crippen molar-refractivity contribution in [1.29, 1.82) is 0 Å². The molecule has 1 aliphatic rings. The highest BCUT2D eigenvalue weighted by molar-refractivity contribution is 5.94. The monoisotopic (exact) mass is 408 g/mol. The van der Waals surface area contributed by atoms with Gasteiger partial charge in [-0.3, -0.25) is 9.69 Å². The van der Waals surface area contributed by atoms with Crippen LogP contribution in [-0.2, 0) is 31.4 Å². The topological polar surface area (TPSA) is 68.0 Å². The van der Waals surface area contributed by atoms with Gasteiger partial charge in [-0.2, -0.15) is 0 Å². The summed E-state index contributed by atoms with van der Waals surface area (Å²) >= 11 is 0. The van der Waals surface area contributed by atoms with E-state index in [-0.39, 0.29) is 11.8 Å². The lowest BCUT2D eigenvalue weighted by molar-refractivity contribution is -0.119. The fourth-order valence-electron chi connectivity index (χ4n) is 4.25. The third kappa shape index (κ3) is 4.41. The van der Waals surface area contributed by atoms with Gasteiger partial charge in [-0.15, -0.1) is 0 Å². The van der Waals surface area contributed by atoms with E-state index in [2.05, 4.69) is 38.3 Å². The number of rotatable bonds is 7. The number of anilines is 1. The van der Waals surface area contributed by atoms with Crippen molar-refractivity contribution in [3.8, 4) is 0 Å². The van der Waals surface area contributed by atoms with Crippen LogP contribution in [0.25, 0.3) is 11.0 Å². The van der Waals surface area contributed by atoms with Crippen molar-refractivity contribution in [1.82, 2.24) is 24.0 Å². The Morgan fingerprint density at radius 2 is 2.00 bits per heavy atom. The Morgan fingerprint density at radius 3 is 2.77 bits per heavy atom. The summed E-state index contributed by atoms with van der Waals surface area (Å²) in [4.78, 5) is 24.4. The number of aryl methyl sites for hydroxylation is 2. The van der Waals surface area contributed by atoms with Gasteiger partial charge < -0.3 is 14.5 Å². The molecule has 30 heavy (non-hydrogen) atoms. The van der Waals surface area contributed by atoms with Crippen molar-refractivity contribution in [3.63, 3.8) is 0 Å². The van der Waals surface area contributed by atoms with Crippen molar-refractivity contribution < 1.29 is 4.79 Å². The molecule has 0 radical (unpaired) electrons. The summed E-state index contributed by atoms with van der Waals surface area (Å²) in [6.07, 6.45) is 8.47. The molecule has 7 nitrogen and oxygen atoms in total. The van der Waals surface area contributed by atoms with Crippen LogP contribution in [0, 0.1) is 5.92 Å². The molecule has 0 saturated carbocycles. The van der Waals surface area contributed by atoms with Gasteiger partial charge in [0.05, 0.1) is 23.5 Å². The molecule has 7 heteroatoms. The maximum Gasteiger partial charge on any atom is 0.229 e. The molecular weight excluding hydrogens is 376 g/mol. The fraction of sp³-hybridized carbons (Fsp3) is 0.522. The molecule has 0 spiro atoms. The van der Waals surface area contributed by atoms with Gasteiger partial charge in [-0.1, -0.05) is 20.3 Å². The summed E-state index contributed by atoms with van der Waals surface area (Å²) in [5, 5.41) is 3.06. The summed E-state index contributed by atoms with van der Waals surface area (Å²) in [5.74, 6) is 1.94. The van der Waals surface area contributed by atoms with Gasteiger partial charge in [-0.25, -0.2) is 9.97 Å². The van der Waals surface area contributed by atoms with E-state index in [4.69, 9.17) is 4.98 Å². The van der Waals surface area contributed by atoms with E-state index < -0.39 is 0 Å². The lowest BCUT2D eigenvalue weighted by Gasteiger charge is -2.25. The van der Waals surface area contributed by atoms with E-state index in [0.29, 0.717) is 6.54 Å². The molecule has 0 bridgehead atoms. The van der Waals surface area contributed by atoms with Gasteiger partial charge in [-0.05, 0) is 44.1 Å². The number of piperidine rings is 1. The normalized spacial score (nSPS) is 16.1. The molecule has 1 aliphatic heterocycles. The second kappa shape index (κ2) is 9.00. The highest BCUT2D eigenvalue weighted by atomic mass is 16.1. The molecule has 2 aromatic heterocycles. The minimum absolute atomic E-state index is 0.00887. The van der Waals surface area contributed by atoms with E-state index in [9.17, 15) is 4.79 Å². The first-order valence-electron chi connectivity index (χ1n) is 11.0. The molecule has 0 unspecified atom stereocenters. The number of carbonyl (C=O) groups is 1. The van der Waals surface area contributed by atoms with Gasteiger partial charge in [0.1, 0.15) is 11.6 Å². The zero-order valence-electron chi connectivity index (χ0n) is 18.3. The number of likely N-dealkylation sites (tertiary alicyclic amines) is 1. The van der Waals surface area contributed by atoms with Gasteiger partial charge in [0, 0.05) is 38.1 Å². The zero-order chi connectivity index (χ0) is 21.1. The standard InChI is InChI=1S/C23H32N6O/c1-4-21-24-10-13-29(21)15-17(2)23(30)25-18-8-9-20-19(14-18)26-22(27(20)3)16-28-11-6-5-7-12-28/h8-10,13-14,17H,4-7,11-12,15-16H2,1-3H3,(H,25,30)/t17-/m1/s1. The summed E-state index contributed by atoms with van der Waals surface area (Å²) < 4.78 is 4.22. The van der Waals surface area contributed by atoms with Crippen LogP contribution in [0.1, 0.15) is 44.8 Å². The summed E-state index contributed by atoms with van der Waals surface area (Å²) in [7, 11) is 2.07. The maximum atomic E-state index is 12.7. The highest BCUT2D eigenvalue weighted by Crippen LogP contribution is 2.22. The van der Waals surface area contributed by atoms with Crippen LogP contribution in [0.5, 0.6) is 0 Å². The largest absolute Gasteiger partial charge is 0.334 e. The minimum atomic E-state index is -0.154. The number of benzene rings is 1. The number of fused-ring (bicyclic) bond motifs is 1. The van der Waals surface area contributed by atoms with Crippen LogP contribution in [0.4, 0.5) is 5.69 Å². The quantitative estimate of drug-likeness (QED) is 0.649. The van der Waals surface area contributed by atoms with Crippen molar-refractivity contribution in [2.75, 3.05) is 18.4 Å². The van der Waals surface area contributed by atoms with Gasteiger partial charge in [0.15, 0.2) is 0 Å². The van der Waals surface area contributed by atoms with E-state index in [1.54, 1.807) is 6.20 Å². The van der Waals surface area contributed by atoms with Crippen LogP contribution in [0.2, 0.25) is 0 Å². The maximum absolute atomic E-state index is 12.7. The molecular formula is C23H32N6O. The van der Waals surface area contributed by atoms with Crippen molar-refractivity contribution >= 4 is 22.6 Å². The minimum Gasteiger partial charge on any atom is -0.334 e. The molecule has 4 rings (SSSR count). The second-order valence-electron chi connectivity index (χ2n) is 8.37. The van der Waals surface area contributed by atoms with E-state index in [1.165, 1.54) is 19.3 Å². The Morgan fingerprint density at radius 1 is 1.20 bits per heavy atom. The Labute approximate surface area is 178 Å². The van der Waals surface area contributed by atoms with Gasteiger partial charge in [0.25, 0.3) is 0 Å². The molecule has 1 saturated heterocycles. The number of amides is 1. The first-order chi connectivity index (χ1) is 14.5. The molecule has 1 N–H and O–H groups in total. The van der Waals surface area contributed by atoms with Crippen molar-refractivity contribution in [2.24, 2.45) is 13.0 Å². The number of aromatic nitrogens is 4. The zero-order valence-corrected chi connectivity index (χ0v) is 18.3. The van der Waals surface area contributed by atoms with Crippen molar-refractivity contribution in [2.45, 2.75) is 52.6 Å². The average Bonchev–Trinajstić information content (AvgIpc) is 3.32. The Kier molecular flexibility index (Phi) is 6.18. The smallest absolute Gasteiger partial charge is 0.229 e. The lowest BCUT2D eigenvalue weighted by Crippen LogP contribution is -2.30. The van der Waals surface area contributed by atoms with Gasteiger partial charge in [0.2, 0.25) is 5.91 Å². The van der Waals surface area contributed by atoms with Crippen LogP contribution in [-0.4, -0.2) is 43.0 Å². The number of nitrogens with zero attached hydrogens (tertiary/aromatic N) is 5. The number of imidazole rings is 2. The molecule has 3 heterocycles. The number of hydrogen-bond acceptors (Lipinski definition) is 4.